The number of carbonyl (C=O) groups is 1. The first kappa shape index (κ1) is 23.3. The summed E-state index contributed by atoms with van der Waals surface area (Å²) >= 11 is 0. The van der Waals surface area contributed by atoms with Crippen LogP contribution >= 0.6 is 0 Å². The van der Waals surface area contributed by atoms with Crippen molar-refractivity contribution in [1.29, 1.82) is 0 Å². The summed E-state index contributed by atoms with van der Waals surface area (Å²) in [6.07, 6.45) is 3.22. The van der Waals surface area contributed by atoms with Crippen molar-refractivity contribution in [1.82, 2.24) is 14.1 Å². The molecule has 1 amide bonds. The topological polar surface area (TPSA) is 87.2 Å². The Kier molecular flexibility index (Phi) is 7.02. The molecule has 176 valence electrons. The molecule has 0 bridgehead atoms. The zero-order chi connectivity index (χ0) is 23.4. The summed E-state index contributed by atoms with van der Waals surface area (Å²) in [5.41, 5.74) is 1.76. The molecule has 3 heterocycles. The molecule has 9 heteroatoms. The molecule has 1 aliphatic rings. The van der Waals surface area contributed by atoms with E-state index in [1.165, 1.54) is 4.31 Å². The number of piperazine rings is 1. The van der Waals surface area contributed by atoms with Crippen molar-refractivity contribution < 1.29 is 22.0 Å². The highest BCUT2D eigenvalue weighted by molar-refractivity contribution is 7.89. The summed E-state index contributed by atoms with van der Waals surface area (Å²) < 4.78 is 38.6. The lowest BCUT2D eigenvalue weighted by Gasteiger charge is -2.35. The van der Waals surface area contributed by atoms with Crippen molar-refractivity contribution in [3.63, 3.8) is 0 Å². The maximum absolute atomic E-state index is 13.1. The molecule has 1 aliphatic heterocycles. The fourth-order valence-electron chi connectivity index (χ4n) is 4.11. The van der Waals surface area contributed by atoms with Gasteiger partial charge in [0.15, 0.2) is 0 Å². The number of rotatable bonds is 8. The predicted molar refractivity (Wildman–Crippen MR) is 123 cm³/mol. The molecule has 0 unspecified atom stereocenters. The zero-order valence-corrected chi connectivity index (χ0v) is 19.8. The van der Waals surface area contributed by atoms with Crippen LogP contribution in [0.1, 0.15) is 22.6 Å². The van der Waals surface area contributed by atoms with Gasteiger partial charge in [0.2, 0.25) is 15.9 Å². The molecule has 1 saturated heterocycles. The van der Waals surface area contributed by atoms with E-state index < -0.39 is 10.0 Å². The molecule has 4 rings (SSSR count). The van der Waals surface area contributed by atoms with Crippen LogP contribution in [0, 0.1) is 13.8 Å². The lowest BCUT2D eigenvalue weighted by Crippen LogP contribution is -2.52. The van der Waals surface area contributed by atoms with Gasteiger partial charge in [-0.25, -0.2) is 8.42 Å². The van der Waals surface area contributed by atoms with E-state index >= 15 is 0 Å². The minimum Gasteiger partial charge on any atom is -0.468 e. The summed E-state index contributed by atoms with van der Waals surface area (Å²) in [6, 6.07) is 12.7. The maximum Gasteiger partial charge on any atom is 0.243 e. The monoisotopic (exact) mass is 471 g/mol. The maximum atomic E-state index is 13.1. The molecule has 0 spiro atoms. The number of nitrogens with zero attached hydrogens (tertiary/aromatic N) is 3. The first-order chi connectivity index (χ1) is 15.8. The Morgan fingerprint density at radius 2 is 1.55 bits per heavy atom. The van der Waals surface area contributed by atoms with Gasteiger partial charge in [-0.15, -0.1) is 0 Å². The molecule has 0 atom stereocenters. The predicted octanol–water partition coefficient (Wildman–Crippen LogP) is 3.02. The minimum absolute atomic E-state index is 0.0447. The third-order valence-electron chi connectivity index (χ3n) is 5.82. The summed E-state index contributed by atoms with van der Waals surface area (Å²) in [4.78, 5) is 17.1. The fraction of sp³-hybridized carbons (Fsp3) is 0.375. The molecule has 1 aromatic carbocycles. The highest BCUT2D eigenvalue weighted by atomic mass is 32.2. The Balaban J connectivity index is 1.38. The standard InChI is InChI=1S/C24H29N3O5S/c1-19-7-8-23(20(2)15-19)33(29,30)27-11-9-26(10-12-27)24(28)18-25(16-21-5-3-13-31-21)17-22-6-4-14-32-22/h3-8,13-15H,9-12,16-18H2,1-2H3. The van der Waals surface area contributed by atoms with Crippen LogP contribution in [-0.2, 0) is 27.9 Å². The summed E-state index contributed by atoms with van der Waals surface area (Å²) in [7, 11) is -3.59. The number of aryl methyl sites for hydroxylation is 2. The Morgan fingerprint density at radius 3 is 2.06 bits per heavy atom. The van der Waals surface area contributed by atoms with Crippen molar-refractivity contribution in [3.8, 4) is 0 Å². The van der Waals surface area contributed by atoms with E-state index in [4.69, 9.17) is 8.83 Å². The lowest BCUT2D eigenvalue weighted by molar-refractivity contribution is -0.134. The Bertz CT molecular complexity index is 1130. The van der Waals surface area contributed by atoms with E-state index in [-0.39, 0.29) is 25.5 Å². The van der Waals surface area contributed by atoms with Gasteiger partial charge in [-0.3, -0.25) is 9.69 Å². The largest absolute Gasteiger partial charge is 0.468 e. The molecular weight excluding hydrogens is 442 g/mol. The molecule has 8 nitrogen and oxygen atoms in total. The third-order valence-corrected chi connectivity index (χ3v) is 7.88. The van der Waals surface area contributed by atoms with Crippen LogP contribution in [0.15, 0.2) is 68.7 Å². The molecule has 3 aromatic rings. The van der Waals surface area contributed by atoms with Crippen molar-refractivity contribution in [3.05, 3.63) is 77.6 Å². The van der Waals surface area contributed by atoms with Crippen LogP contribution in [0.5, 0.6) is 0 Å². The van der Waals surface area contributed by atoms with Gasteiger partial charge in [0.1, 0.15) is 11.5 Å². The van der Waals surface area contributed by atoms with E-state index in [2.05, 4.69) is 0 Å². The smallest absolute Gasteiger partial charge is 0.243 e. The van der Waals surface area contributed by atoms with Gasteiger partial charge in [0.05, 0.1) is 37.1 Å². The van der Waals surface area contributed by atoms with Crippen molar-refractivity contribution in [2.75, 3.05) is 32.7 Å². The highest BCUT2D eigenvalue weighted by Gasteiger charge is 2.31. The van der Waals surface area contributed by atoms with E-state index in [1.807, 2.05) is 55.1 Å². The number of carbonyl (C=O) groups excluding carboxylic acids is 1. The second-order valence-electron chi connectivity index (χ2n) is 8.36. The van der Waals surface area contributed by atoms with Crippen LogP contribution in [0.3, 0.4) is 0 Å². The van der Waals surface area contributed by atoms with Gasteiger partial charge >= 0.3 is 0 Å². The van der Waals surface area contributed by atoms with Gasteiger partial charge in [0, 0.05) is 26.2 Å². The third kappa shape index (κ3) is 5.55. The van der Waals surface area contributed by atoms with E-state index in [1.54, 1.807) is 23.5 Å². The Hall–Kier alpha value is -2.88. The van der Waals surface area contributed by atoms with Crippen LogP contribution in [-0.4, -0.2) is 61.2 Å². The first-order valence-electron chi connectivity index (χ1n) is 11.0. The number of benzene rings is 1. The number of amides is 1. The Labute approximate surface area is 194 Å². The minimum atomic E-state index is -3.59. The number of sulfonamides is 1. The lowest BCUT2D eigenvalue weighted by atomic mass is 10.2. The van der Waals surface area contributed by atoms with E-state index in [0.717, 1.165) is 22.6 Å². The zero-order valence-electron chi connectivity index (χ0n) is 18.9. The van der Waals surface area contributed by atoms with E-state index in [9.17, 15) is 13.2 Å². The average molecular weight is 472 g/mol. The van der Waals surface area contributed by atoms with Crippen molar-refractivity contribution >= 4 is 15.9 Å². The van der Waals surface area contributed by atoms with Gasteiger partial charge in [-0.2, -0.15) is 4.31 Å². The van der Waals surface area contributed by atoms with Crippen molar-refractivity contribution in [2.45, 2.75) is 31.8 Å². The second-order valence-corrected chi connectivity index (χ2v) is 10.3. The summed E-state index contributed by atoms with van der Waals surface area (Å²) in [6.45, 7) is 6.15. The summed E-state index contributed by atoms with van der Waals surface area (Å²) in [5.74, 6) is 1.48. The molecule has 0 N–H and O–H groups in total. The second kappa shape index (κ2) is 9.94. The number of furan rings is 2. The molecular formula is C24H29N3O5S. The average Bonchev–Trinajstić information content (AvgIpc) is 3.48. The fourth-order valence-corrected chi connectivity index (χ4v) is 5.74. The van der Waals surface area contributed by atoms with Crippen LogP contribution in [0.25, 0.3) is 0 Å². The SMILES string of the molecule is Cc1ccc(S(=O)(=O)N2CCN(C(=O)CN(Cc3ccco3)Cc3ccco3)CC2)c(C)c1. The molecule has 0 radical (unpaired) electrons. The molecule has 33 heavy (non-hydrogen) atoms. The molecule has 2 aromatic heterocycles. The van der Waals surface area contributed by atoms with E-state index in [0.29, 0.717) is 31.1 Å². The van der Waals surface area contributed by atoms with Crippen LogP contribution in [0.2, 0.25) is 0 Å². The molecule has 0 saturated carbocycles. The van der Waals surface area contributed by atoms with Crippen LogP contribution < -0.4 is 0 Å². The van der Waals surface area contributed by atoms with Gasteiger partial charge in [-0.1, -0.05) is 17.7 Å². The molecule has 1 fully saturated rings. The summed E-state index contributed by atoms with van der Waals surface area (Å²) in [5, 5.41) is 0. The normalized spacial score (nSPS) is 15.3. The van der Waals surface area contributed by atoms with Crippen LogP contribution in [0.4, 0.5) is 0 Å². The number of hydrogen-bond acceptors (Lipinski definition) is 6. The Morgan fingerprint density at radius 1 is 0.939 bits per heavy atom. The van der Waals surface area contributed by atoms with Crippen molar-refractivity contribution in [2.24, 2.45) is 0 Å². The van der Waals surface area contributed by atoms with Gasteiger partial charge in [0.25, 0.3) is 0 Å². The van der Waals surface area contributed by atoms with Gasteiger partial charge in [-0.05, 0) is 49.7 Å². The first-order valence-corrected chi connectivity index (χ1v) is 12.4. The highest BCUT2D eigenvalue weighted by Crippen LogP contribution is 2.22. The number of hydrogen-bond donors (Lipinski definition) is 0. The quantitative estimate of drug-likeness (QED) is 0.502. The van der Waals surface area contributed by atoms with Gasteiger partial charge < -0.3 is 13.7 Å². The molecule has 0 aliphatic carbocycles.